The van der Waals surface area contributed by atoms with E-state index in [1.54, 1.807) is 30.1 Å². The molecule has 2 rings (SSSR count). The highest BCUT2D eigenvalue weighted by molar-refractivity contribution is 7.10. The minimum atomic E-state index is -1.21. The van der Waals surface area contributed by atoms with E-state index >= 15 is 0 Å². The Labute approximate surface area is 129 Å². The number of fused-ring (bicyclic) bond motifs is 1. The summed E-state index contributed by atoms with van der Waals surface area (Å²) in [6.45, 7) is 7.97. The van der Waals surface area contributed by atoms with Crippen molar-refractivity contribution in [3.05, 3.63) is 21.9 Å². The summed E-state index contributed by atoms with van der Waals surface area (Å²) in [6.07, 6.45) is 0.841. The Morgan fingerprint density at radius 3 is 2.76 bits per heavy atom. The van der Waals surface area contributed by atoms with Gasteiger partial charge in [-0.05, 0) is 51.1 Å². The fourth-order valence-corrected chi connectivity index (χ4v) is 3.77. The molecule has 116 valence electrons. The number of aliphatic carboxylic acids is 1. The van der Waals surface area contributed by atoms with Crippen molar-refractivity contribution in [2.24, 2.45) is 0 Å². The van der Waals surface area contributed by atoms with Crippen molar-refractivity contribution in [1.29, 1.82) is 0 Å². The molecule has 21 heavy (non-hydrogen) atoms. The number of carbonyl (C=O) groups is 2. The van der Waals surface area contributed by atoms with E-state index in [1.165, 1.54) is 15.3 Å². The average Bonchev–Trinajstić information content (AvgIpc) is 2.88. The summed E-state index contributed by atoms with van der Waals surface area (Å²) in [5.41, 5.74) is -0.0238. The fraction of sp³-hybridized carbons (Fsp3) is 0.600. The van der Waals surface area contributed by atoms with Gasteiger partial charge >= 0.3 is 12.0 Å². The molecule has 0 saturated heterocycles. The van der Waals surface area contributed by atoms with E-state index in [0.717, 1.165) is 6.42 Å². The van der Waals surface area contributed by atoms with Crippen molar-refractivity contribution in [2.75, 3.05) is 13.1 Å². The van der Waals surface area contributed by atoms with Crippen LogP contribution in [-0.2, 0) is 11.2 Å². The molecule has 1 aromatic heterocycles. The topological polar surface area (TPSA) is 60.9 Å². The Kier molecular flexibility index (Phi) is 4.27. The molecule has 1 aromatic rings. The molecule has 6 heteroatoms. The van der Waals surface area contributed by atoms with Gasteiger partial charge in [-0.2, -0.15) is 0 Å². The molecule has 1 aliphatic heterocycles. The quantitative estimate of drug-likeness (QED) is 0.933. The number of urea groups is 1. The number of hydrogen-bond acceptors (Lipinski definition) is 3. The van der Waals surface area contributed by atoms with Crippen molar-refractivity contribution < 1.29 is 14.7 Å². The van der Waals surface area contributed by atoms with Crippen LogP contribution in [0.25, 0.3) is 0 Å². The molecule has 2 heterocycles. The highest BCUT2D eigenvalue weighted by atomic mass is 32.1. The first-order valence-corrected chi connectivity index (χ1v) is 8.06. The summed E-state index contributed by atoms with van der Waals surface area (Å²) in [4.78, 5) is 28.8. The molecule has 5 nitrogen and oxygen atoms in total. The maximum Gasteiger partial charge on any atom is 0.329 e. The van der Waals surface area contributed by atoms with Gasteiger partial charge < -0.3 is 14.9 Å². The van der Waals surface area contributed by atoms with Crippen LogP contribution in [0.2, 0.25) is 0 Å². The van der Waals surface area contributed by atoms with Crippen LogP contribution >= 0.6 is 11.3 Å². The first-order chi connectivity index (χ1) is 9.80. The van der Waals surface area contributed by atoms with Gasteiger partial charge in [-0.1, -0.05) is 0 Å². The number of rotatable bonds is 3. The first-order valence-electron chi connectivity index (χ1n) is 7.18. The number of hydrogen-bond donors (Lipinski definition) is 1. The van der Waals surface area contributed by atoms with Crippen LogP contribution in [-0.4, -0.2) is 45.5 Å². The van der Waals surface area contributed by atoms with Crippen LogP contribution in [0.15, 0.2) is 11.4 Å². The summed E-state index contributed by atoms with van der Waals surface area (Å²) < 4.78 is 0. The minimum Gasteiger partial charge on any atom is -0.480 e. The van der Waals surface area contributed by atoms with Crippen molar-refractivity contribution in [1.82, 2.24) is 9.80 Å². The third kappa shape index (κ3) is 2.64. The molecule has 1 aliphatic rings. The lowest BCUT2D eigenvalue weighted by molar-refractivity contribution is -0.147. The summed E-state index contributed by atoms with van der Waals surface area (Å²) in [5, 5.41) is 11.4. The van der Waals surface area contributed by atoms with E-state index in [1.807, 2.05) is 19.2 Å². The zero-order valence-corrected chi connectivity index (χ0v) is 13.7. The van der Waals surface area contributed by atoms with Gasteiger partial charge in [0.2, 0.25) is 0 Å². The van der Waals surface area contributed by atoms with E-state index in [0.29, 0.717) is 13.1 Å². The summed E-state index contributed by atoms with van der Waals surface area (Å²) >= 11 is 1.72. The fourth-order valence-electron chi connectivity index (χ4n) is 2.81. The minimum absolute atomic E-state index is 0.00820. The molecule has 0 fully saturated rings. The van der Waals surface area contributed by atoms with Crippen LogP contribution in [0, 0.1) is 0 Å². The Morgan fingerprint density at radius 1 is 1.52 bits per heavy atom. The molecule has 0 saturated carbocycles. The predicted octanol–water partition coefficient (Wildman–Crippen LogP) is 2.97. The molecular weight excluding hydrogens is 288 g/mol. The van der Waals surface area contributed by atoms with Crippen molar-refractivity contribution in [2.45, 2.75) is 45.7 Å². The van der Waals surface area contributed by atoms with Gasteiger partial charge in [0.1, 0.15) is 5.54 Å². The molecule has 0 radical (unpaired) electrons. The first kappa shape index (κ1) is 15.8. The van der Waals surface area contributed by atoms with Crippen LogP contribution in [0.5, 0.6) is 0 Å². The molecule has 1 unspecified atom stereocenters. The molecule has 0 bridgehead atoms. The number of carboxylic acids is 1. The van der Waals surface area contributed by atoms with Gasteiger partial charge in [-0.15, -0.1) is 11.3 Å². The Morgan fingerprint density at radius 2 is 2.19 bits per heavy atom. The van der Waals surface area contributed by atoms with E-state index in [2.05, 4.69) is 6.07 Å². The molecule has 1 N–H and O–H groups in total. The second kappa shape index (κ2) is 5.67. The molecule has 0 spiro atoms. The van der Waals surface area contributed by atoms with Gasteiger partial charge in [-0.25, -0.2) is 9.59 Å². The van der Waals surface area contributed by atoms with E-state index < -0.39 is 11.5 Å². The number of likely N-dealkylation sites (N-methyl/N-ethyl adjacent to an activating group) is 1. The van der Waals surface area contributed by atoms with Crippen LogP contribution in [0.3, 0.4) is 0 Å². The zero-order chi connectivity index (χ0) is 15.8. The van der Waals surface area contributed by atoms with Gasteiger partial charge in [0.05, 0.1) is 6.04 Å². The van der Waals surface area contributed by atoms with E-state index in [-0.39, 0.29) is 12.1 Å². The maximum absolute atomic E-state index is 12.8. The summed E-state index contributed by atoms with van der Waals surface area (Å²) in [7, 11) is 0. The Hall–Kier alpha value is -1.56. The number of thiophene rings is 1. The van der Waals surface area contributed by atoms with Gasteiger partial charge in [0.15, 0.2) is 0 Å². The normalized spacial score (nSPS) is 18.3. The number of carbonyl (C=O) groups excluding carboxylic acids is 1. The lowest BCUT2D eigenvalue weighted by Gasteiger charge is -2.41. The molecular formula is C15H22N2O3S. The van der Waals surface area contributed by atoms with Gasteiger partial charge in [0.25, 0.3) is 0 Å². The third-order valence-corrected chi connectivity index (χ3v) is 5.26. The van der Waals surface area contributed by atoms with Gasteiger partial charge in [-0.3, -0.25) is 0 Å². The monoisotopic (exact) mass is 310 g/mol. The lowest BCUT2D eigenvalue weighted by atomic mass is 10.0. The summed E-state index contributed by atoms with van der Waals surface area (Å²) in [6, 6.07) is 1.85. The second-order valence-corrected chi connectivity index (χ2v) is 6.81. The average molecular weight is 310 g/mol. The number of nitrogens with zero attached hydrogens (tertiary/aromatic N) is 2. The largest absolute Gasteiger partial charge is 0.480 e. The Bertz CT molecular complexity index is 553. The molecule has 2 amide bonds. The summed E-state index contributed by atoms with van der Waals surface area (Å²) in [5.74, 6) is -0.987. The van der Waals surface area contributed by atoms with Crippen LogP contribution in [0.1, 0.15) is 44.2 Å². The maximum atomic E-state index is 12.8. The lowest BCUT2D eigenvalue weighted by Crippen LogP contribution is -2.58. The molecule has 0 aromatic carbocycles. The predicted molar refractivity (Wildman–Crippen MR) is 82.6 cm³/mol. The zero-order valence-electron chi connectivity index (χ0n) is 12.9. The number of amides is 2. The standard InChI is InChI=1S/C15H22N2O3S/c1-5-17(15(3,4)13(18)19)14(20)16-8-6-12-11(10(16)2)7-9-21-12/h7,9-10H,5-6,8H2,1-4H3,(H,18,19). The number of carboxylic acid groups (broad SMARTS) is 1. The third-order valence-electron chi connectivity index (χ3n) is 4.27. The van der Waals surface area contributed by atoms with Gasteiger partial charge in [0, 0.05) is 18.0 Å². The van der Waals surface area contributed by atoms with Crippen LogP contribution in [0.4, 0.5) is 4.79 Å². The van der Waals surface area contributed by atoms with E-state index in [4.69, 9.17) is 0 Å². The van der Waals surface area contributed by atoms with Crippen molar-refractivity contribution in [3.63, 3.8) is 0 Å². The van der Waals surface area contributed by atoms with E-state index in [9.17, 15) is 14.7 Å². The SMILES string of the molecule is CCN(C(=O)N1CCc2sccc2C1C)C(C)(C)C(=O)O. The van der Waals surface area contributed by atoms with Crippen molar-refractivity contribution >= 4 is 23.3 Å². The second-order valence-electron chi connectivity index (χ2n) is 5.81. The molecule has 1 atom stereocenters. The smallest absolute Gasteiger partial charge is 0.329 e. The van der Waals surface area contributed by atoms with Crippen LogP contribution < -0.4 is 0 Å². The highest BCUT2D eigenvalue weighted by Crippen LogP contribution is 2.34. The highest BCUT2D eigenvalue weighted by Gasteiger charge is 2.40. The Balaban J connectivity index is 2.26. The van der Waals surface area contributed by atoms with Crippen molar-refractivity contribution in [3.8, 4) is 0 Å². The molecule has 0 aliphatic carbocycles.